The first-order valence-corrected chi connectivity index (χ1v) is 8.42. The van der Waals surface area contributed by atoms with Crippen molar-refractivity contribution in [1.82, 2.24) is 4.90 Å². The highest BCUT2D eigenvalue weighted by molar-refractivity contribution is 4.89. The molecule has 2 bridgehead atoms. The molecule has 5 heteroatoms. The van der Waals surface area contributed by atoms with Gasteiger partial charge in [0.05, 0.1) is 25.9 Å². The molecule has 0 unspecified atom stereocenters. The zero-order chi connectivity index (χ0) is 15.1. The fourth-order valence-electron chi connectivity index (χ4n) is 4.11. The van der Waals surface area contributed by atoms with E-state index in [-0.39, 0.29) is 13.2 Å². The van der Waals surface area contributed by atoms with Crippen molar-refractivity contribution in [2.45, 2.75) is 38.2 Å². The summed E-state index contributed by atoms with van der Waals surface area (Å²) in [7, 11) is 0. The first-order chi connectivity index (χ1) is 10.2. The molecule has 2 aliphatic carbocycles. The molecule has 2 fully saturated rings. The van der Waals surface area contributed by atoms with Gasteiger partial charge in [-0.3, -0.25) is 4.90 Å². The summed E-state index contributed by atoms with van der Waals surface area (Å²) in [6.45, 7) is 2.55. The summed E-state index contributed by atoms with van der Waals surface area (Å²) in [6.07, 6.45) is 6.25. The van der Waals surface area contributed by atoms with Crippen LogP contribution in [0.25, 0.3) is 0 Å². The topological polar surface area (TPSA) is 73.2 Å². The molecule has 0 radical (unpaired) electrons. The molecule has 0 saturated heterocycles. The van der Waals surface area contributed by atoms with Crippen molar-refractivity contribution in [2.75, 3.05) is 46.1 Å². The number of aliphatic hydroxyl groups is 3. The minimum Gasteiger partial charge on any atom is -0.395 e. The minimum atomic E-state index is -0.553. The molecule has 5 nitrogen and oxygen atoms in total. The van der Waals surface area contributed by atoms with E-state index in [4.69, 9.17) is 14.9 Å². The van der Waals surface area contributed by atoms with E-state index in [1.807, 2.05) is 4.90 Å². The van der Waals surface area contributed by atoms with Crippen LogP contribution in [0.2, 0.25) is 0 Å². The van der Waals surface area contributed by atoms with Crippen LogP contribution in [0.15, 0.2) is 0 Å². The molecule has 3 N–H and O–H groups in total. The number of ether oxygens (including phenoxy) is 1. The first-order valence-electron chi connectivity index (χ1n) is 8.42. The first kappa shape index (κ1) is 17.2. The van der Waals surface area contributed by atoms with Crippen molar-refractivity contribution in [3.05, 3.63) is 0 Å². The Bertz CT molecular complexity index is 283. The van der Waals surface area contributed by atoms with Crippen molar-refractivity contribution < 1.29 is 20.1 Å². The molecule has 0 amide bonds. The van der Waals surface area contributed by atoms with Crippen LogP contribution < -0.4 is 0 Å². The predicted molar refractivity (Wildman–Crippen MR) is 81.0 cm³/mol. The molecule has 4 atom stereocenters. The average Bonchev–Trinajstić information content (AvgIpc) is 3.06. The predicted octanol–water partition coefficient (Wildman–Crippen LogP) is 0.477. The van der Waals surface area contributed by atoms with Gasteiger partial charge in [0.2, 0.25) is 0 Å². The standard InChI is InChI=1S/C16H31NO4/c18-6-4-17(5-7-19)11-16(20)12-21-8-3-15-10-13-1-2-14(15)9-13/h13-16,18-20H,1-12H2/t13-,14-,15+,16-/m0/s1. The lowest BCUT2D eigenvalue weighted by atomic mass is 9.87. The fourth-order valence-corrected chi connectivity index (χ4v) is 4.11. The van der Waals surface area contributed by atoms with E-state index in [0.717, 1.165) is 30.8 Å². The third-order valence-corrected chi connectivity index (χ3v) is 5.13. The van der Waals surface area contributed by atoms with E-state index < -0.39 is 6.10 Å². The van der Waals surface area contributed by atoms with Gasteiger partial charge in [-0.05, 0) is 43.4 Å². The van der Waals surface area contributed by atoms with Crippen LogP contribution in [-0.4, -0.2) is 72.4 Å². The summed E-state index contributed by atoms with van der Waals surface area (Å²) >= 11 is 0. The maximum atomic E-state index is 9.94. The van der Waals surface area contributed by atoms with Gasteiger partial charge < -0.3 is 20.1 Å². The zero-order valence-corrected chi connectivity index (χ0v) is 13.0. The molecule has 0 aliphatic heterocycles. The molecule has 0 aromatic heterocycles. The Morgan fingerprint density at radius 3 is 2.43 bits per heavy atom. The van der Waals surface area contributed by atoms with Gasteiger partial charge >= 0.3 is 0 Å². The van der Waals surface area contributed by atoms with Gasteiger partial charge in [-0.25, -0.2) is 0 Å². The Hall–Kier alpha value is -0.200. The van der Waals surface area contributed by atoms with Crippen molar-refractivity contribution in [3.8, 4) is 0 Å². The van der Waals surface area contributed by atoms with Crippen LogP contribution in [0.5, 0.6) is 0 Å². The van der Waals surface area contributed by atoms with E-state index in [1.54, 1.807) is 0 Å². The normalized spacial score (nSPS) is 29.4. The van der Waals surface area contributed by atoms with Crippen LogP contribution in [0.3, 0.4) is 0 Å². The summed E-state index contributed by atoms with van der Waals surface area (Å²) in [5.74, 6) is 2.77. The van der Waals surface area contributed by atoms with E-state index in [0.29, 0.717) is 26.2 Å². The van der Waals surface area contributed by atoms with Crippen molar-refractivity contribution >= 4 is 0 Å². The number of nitrogens with zero attached hydrogens (tertiary/aromatic N) is 1. The fraction of sp³-hybridized carbons (Fsp3) is 1.00. The summed E-state index contributed by atoms with van der Waals surface area (Å²) in [4.78, 5) is 1.85. The van der Waals surface area contributed by atoms with Gasteiger partial charge in [-0.2, -0.15) is 0 Å². The Balaban J connectivity index is 1.53. The second kappa shape index (κ2) is 9.06. The number of hydrogen-bond donors (Lipinski definition) is 3. The van der Waals surface area contributed by atoms with Gasteiger partial charge in [-0.15, -0.1) is 0 Å². The number of fused-ring (bicyclic) bond motifs is 2. The Kier molecular flexibility index (Phi) is 7.40. The van der Waals surface area contributed by atoms with Gasteiger partial charge in [0.25, 0.3) is 0 Å². The maximum Gasteiger partial charge on any atom is 0.0900 e. The molecular formula is C16H31NO4. The monoisotopic (exact) mass is 301 g/mol. The van der Waals surface area contributed by atoms with Crippen molar-refractivity contribution in [2.24, 2.45) is 17.8 Å². The molecule has 0 aromatic carbocycles. The van der Waals surface area contributed by atoms with Crippen LogP contribution in [-0.2, 0) is 4.74 Å². The molecular weight excluding hydrogens is 270 g/mol. The van der Waals surface area contributed by atoms with E-state index in [1.165, 1.54) is 25.7 Å². The van der Waals surface area contributed by atoms with Crippen LogP contribution >= 0.6 is 0 Å². The molecule has 0 spiro atoms. The van der Waals surface area contributed by atoms with Crippen molar-refractivity contribution in [1.29, 1.82) is 0 Å². The summed E-state index contributed by atoms with van der Waals surface area (Å²) in [5, 5.41) is 27.8. The maximum absolute atomic E-state index is 9.94. The molecule has 0 heterocycles. The summed E-state index contributed by atoms with van der Waals surface area (Å²) in [6, 6.07) is 0. The van der Waals surface area contributed by atoms with Crippen molar-refractivity contribution in [3.63, 3.8) is 0 Å². The van der Waals surface area contributed by atoms with Crippen LogP contribution in [0.4, 0.5) is 0 Å². The highest BCUT2D eigenvalue weighted by Crippen LogP contribution is 2.49. The molecule has 21 heavy (non-hydrogen) atoms. The number of aliphatic hydroxyl groups excluding tert-OH is 3. The quantitative estimate of drug-likeness (QED) is 0.484. The smallest absolute Gasteiger partial charge is 0.0900 e. The van der Waals surface area contributed by atoms with Crippen LogP contribution in [0.1, 0.15) is 32.1 Å². The Morgan fingerprint density at radius 2 is 1.86 bits per heavy atom. The number of hydrogen-bond acceptors (Lipinski definition) is 5. The Labute approximate surface area is 127 Å². The lowest BCUT2D eigenvalue weighted by molar-refractivity contribution is 0.00617. The van der Waals surface area contributed by atoms with Gasteiger partial charge in [0.1, 0.15) is 0 Å². The average molecular weight is 301 g/mol. The largest absolute Gasteiger partial charge is 0.395 e. The lowest BCUT2D eigenvalue weighted by Crippen LogP contribution is -2.38. The van der Waals surface area contributed by atoms with Gasteiger partial charge in [0.15, 0.2) is 0 Å². The molecule has 124 valence electrons. The third kappa shape index (κ3) is 5.49. The zero-order valence-electron chi connectivity index (χ0n) is 13.0. The summed E-state index contributed by atoms with van der Waals surface area (Å²) in [5.41, 5.74) is 0. The van der Waals surface area contributed by atoms with E-state index in [9.17, 15) is 5.11 Å². The molecule has 2 aliphatic rings. The van der Waals surface area contributed by atoms with Gasteiger partial charge in [0, 0.05) is 26.2 Å². The molecule has 2 saturated carbocycles. The summed E-state index contributed by atoms with van der Waals surface area (Å²) < 4.78 is 5.62. The van der Waals surface area contributed by atoms with Gasteiger partial charge in [-0.1, -0.05) is 6.42 Å². The van der Waals surface area contributed by atoms with Crippen LogP contribution in [0, 0.1) is 17.8 Å². The number of rotatable bonds is 11. The minimum absolute atomic E-state index is 0.0395. The molecule has 2 rings (SSSR count). The second-order valence-electron chi connectivity index (χ2n) is 6.70. The van der Waals surface area contributed by atoms with E-state index in [2.05, 4.69) is 0 Å². The molecule has 0 aromatic rings. The second-order valence-corrected chi connectivity index (χ2v) is 6.70. The highest BCUT2D eigenvalue weighted by Gasteiger charge is 2.38. The van der Waals surface area contributed by atoms with E-state index >= 15 is 0 Å². The third-order valence-electron chi connectivity index (χ3n) is 5.13. The SMILES string of the molecule is OCCN(CCO)C[C@H](O)COCC[C@@H]1C[C@H]2CC[C@H]1C2. The lowest BCUT2D eigenvalue weighted by Gasteiger charge is -2.24. The highest BCUT2D eigenvalue weighted by atomic mass is 16.5. The Morgan fingerprint density at radius 1 is 1.10 bits per heavy atom.